The van der Waals surface area contributed by atoms with Gasteiger partial charge in [0.25, 0.3) is 5.91 Å². The van der Waals surface area contributed by atoms with Crippen LogP contribution < -0.4 is 14.9 Å². The summed E-state index contributed by atoms with van der Waals surface area (Å²) >= 11 is 9.25. The van der Waals surface area contributed by atoms with Crippen LogP contribution in [0.2, 0.25) is 5.02 Å². The van der Waals surface area contributed by atoms with Crippen molar-refractivity contribution in [2.45, 2.75) is 6.61 Å². The molecule has 0 radical (unpaired) electrons. The van der Waals surface area contributed by atoms with E-state index in [9.17, 15) is 9.59 Å². The maximum atomic E-state index is 12.7. The first-order valence-corrected chi connectivity index (χ1v) is 12.0. The Balaban J connectivity index is 1.33. The molecule has 1 amide bonds. The fraction of sp³-hybridized carbons (Fsp3) is 0.0357. The molecule has 0 aromatic heterocycles. The van der Waals surface area contributed by atoms with E-state index in [0.717, 1.165) is 10.0 Å². The fourth-order valence-electron chi connectivity index (χ4n) is 3.15. The molecule has 0 fully saturated rings. The first-order valence-electron chi connectivity index (χ1n) is 10.9. The van der Waals surface area contributed by atoms with Crippen LogP contribution in [0.1, 0.15) is 31.8 Å². The minimum atomic E-state index is -0.457. The number of carbonyl (C=O) groups excluding carboxylic acids is 2. The number of halogens is 2. The fourth-order valence-corrected chi connectivity index (χ4v) is 3.68. The van der Waals surface area contributed by atoms with E-state index in [1.54, 1.807) is 78.9 Å². The molecule has 180 valence electrons. The summed E-state index contributed by atoms with van der Waals surface area (Å²) in [6.45, 7) is 0.295. The van der Waals surface area contributed by atoms with Gasteiger partial charge in [-0.15, -0.1) is 0 Å². The molecule has 0 saturated heterocycles. The molecule has 36 heavy (non-hydrogen) atoms. The third-order valence-electron chi connectivity index (χ3n) is 4.97. The van der Waals surface area contributed by atoms with Gasteiger partial charge >= 0.3 is 5.97 Å². The van der Waals surface area contributed by atoms with Crippen LogP contribution in [0.4, 0.5) is 0 Å². The molecular weight excluding hydrogens is 544 g/mol. The van der Waals surface area contributed by atoms with Crippen LogP contribution in [0.25, 0.3) is 0 Å². The van der Waals surface area contributed by atoms with Gasteiger partial charge in [0.1, 0.15) is 18.1 Å². The number of hydrogen-bond acceptors (Lipinski definition) is 5. The van der Waals surface area contributed by atoms with E-state index >= 15 is 0 Å². The monoisotopic (exact) mass is 562 g/mol. The third-order valence-corrected chi connectivity index (χ3v) is 5.72. The van der Waals surface area contributed by atoms with E-state index in [0.29, 0.717) is 39.8 Å². The minimum absolute atomic E-state index is 0.295. The lowest BCUT2D eigenvalue weighted by Crippen LogP contribution is -2.18. The van der Waals surface area contributed by atoms with Crippen molar-refractivity contribution in [1.82, 2.24) is 5.43 Å². The molecule has 8 heteroatoms. The number of benzene rings is 4. The molecule has 0 spiro atoms. The van der Waals surface area contributed by atoms with E-state index in [1.807, 2.05) is 18.2 Å². The maximum Gasteiger partial charge on any atom is 0.343 e. The third kappa shape index (κ3) is 7.04. The average Bonchev–Trinajstić information content (AvgIpc) is 2.89. The molecule has 0 unspecified atom stereocenters. The number of hydrazone groups is 1. The summed E-state index contributed by atoms with van der Waals surface area (Å²) in [6.07, 6.45) is 1.50. The summed E-state index contributed by atoms with van der Waals surface area (Å²) in [5.41, 5.74) is 4.95. The minimum Gasteiger partial charge on any atom is -0.488 e. The second-order valence-corrected chi connectivity index (χ2v) is 8.93. The molecule has 0 atom stereocenters. The highest BCUT2D eigenvalue weighted by atomic mass is 79.9. The first kappa shape index (κ1) is 25.2. The van der Waals surface area contributed by atoms with Crippen molar-refractivity contribution in [1.29, 1.82) is 0 Å². The van der Waals surface area contributed by atoms with Crippen LogP contribution in [0.15, 0.2) is 107 Å². The van der Waals surface area contributed by atoms with Crippen molar-refractivity contribution in [3.05, 3.63) is 129 Å². The molecule has 0 heterocycles. The van der Waals surface area contributed by atoms with Gasteiger partial charge in [0.2, 0.25) is 0 Å². The summed E-state index contributed by atoms with van der Waals surface area (Å²) in [6, 6.07) is 27.9. The second-order valence-electron chi connectivity index (χ2n) is 7.58. The molecule has 0 bridgehead atoms. The summed E-state index contributed by atoms with van der Waals surface area (Å²) in [5.74, 6) is -0.0239. The summed E-state index contributed by atoms with van der Waals surface area (Å²) < 4.78 is 12.0. The van der Waals surface area contributed by atoms with Gasteiger partial charge in [-0.3, -0.25) is 4.79 Å². The Hall–Kier alpha value is -3.94. The van der Waals surface area contributed by atoms with Gasteiger partial charge in [0.05, 0.1) is 17.3 Å². The number of nitrogens with one attached hydrogen (secondary N) is 1. The Kier molecular flexibility index (Phi) is 8.49. The van der Waals surface area contributed by atoms with E-state index < -0.39 is 11.9 Å². The van der Waals surface area contributed by atoms with Gasteiger partial charge in [-0.25, -0.2) is 10.2 Å². The van der Waals surface area contributed by atoms with Gasteiger partial charge < -0.3 is 9.47 Å². The normalized spacial score (nSPS) is 10.7. The predicted molar refractivity (Wildman–Crippen MR) is 143 cm³/mol. The molecule has 6 nitrogen and oxygen atoms in total. The van der Waals surface area contributed by atoms with Crippen molar-refractivity contribution in [2.75, 3.05) is 0 Å². The summed E-state index contributed by atoms with van der Waals surface area (Å²) in [4.78, 5) is 24.9. The van der Waals surface area contributed by atoms with Gasteiger partial charge in [-0.05, 0) is 77.9 Å². The van der Waals surface area contributed by atoms with E-state index in [2.05, 4.69) is 26.5 Å². The molecular formula is C28H20BrClN2O4. The topological polar surface area (TPSA) is 77.0 Å². The average molecular weight is 564 g/mol. The van der Waals surface area contributed by atoms with Crippen molar-refractivity contribution >= 4 is 45.6 Å². The zero-order chi connectivity index (χ0) is 25.3. The number of esters is 1. The van der Waals surface area contributed by atoms with Crippen LogP contribution in [-0.4, -0.2) is 18.1 Å². The highest BCUT2D eigenvalue weighted by Crippen LogP contribution is 2.20. The van der Waals surface area contributed by atoms with Crippen molar-refractivity contribution in [3.8, 4) is 11.5 Å². The number of para-hydroxylation sites is 1. The quantitative estimate of drug-likeness (QED) is 0.112. The molecule has 1 N–H and O–H groups in total. The van der Waals surface area contributed by atoms with Crippen LogP contribution in [0.5, 0.6) is 11.5 Å². The Bertz CT molecular complexity index is 1390. The molecule has 4 aromatic rings. The van der Waals surface area contributed by atoms with Crippen LogP contribution in [0, 0.1) is 0 Å². The number of ether oxygens (including phenoxy) is 2. The SMILES string of the molecule is O=C(Oc1ccc(/C=N\NC(=O)c2ccccc2OCc2ccc(Cl)cc2)cc1)c1cccc(Br)c1. The van der Waals surface area contributed by atoms with Crippen molar-refractivity contribution < 1.29 is 19.1 Å². The van der Waals surface area contributed by atoms with Crippen molar-refractivity contribution in [2.24, 2.45) is 5.10 Å². The summed E-state index contributed by atoms with van der Waals surface area (Å²) in [5, 5.41) is 4.67. The highest BCUT2D eigenvalue weighted by Gasteiger charge is 2.12. The number of nitrogens with zero attached hydrogens (tertiary/aromatic N) is 1. The van der Waals surface area contributed by atoms with E-state index in [4.69, 9.17) is 21.1 Å². The van der Waals surface area contributed by atoms with Crippen LogP contribution in [-0.2, 0) is 6.61 Å². The molecule has 0 saturated carbocycles. The summed E-state index contributed by atoms with van der Waals surface area (Å²) in [7, 11) is 0. The smallest absolute Gasteiger partial charge is 0.343 e. The van der Waals surface area contributed by atoms with E-state index in [-0.39, 0.29) is 0 Å². The zero-order valence-electron chi connectivity index (χ0n) is 18.9. The highest BCUT2D eigenvalue weighted by molar-refractivity contribution is 9.10. The Morgan fingerprint density at radius 1 is 0.917 bits per heavy atom. The molecule has 0 aliphatic heterocycles. The molecule has 4 aromatic carbocycles. The Labute approximate surface area is 221 Å². The van der Waals surface area contributed by atoms with Crippen molar-refractivity contribution in [3.63, 3.8) is 0 Å². The molecule has 0 aliphatic carbocycles. The number of rotatable bonds is 8. The maximum absolute atomic E-state index is 12.7. The second kappa shape index (κ2) is 12.2. The number of amides is 1. The Morgan fingerprint density at radius 3 is 2.42 bits per heavy atom. The molecule has 0 aliphatic rings. The lowest BCUT2D eigenvalue weighted by molar-refractivity contribution is 0.0734. The van der Waals surface area contributed by atoms with Gasteiger partial charge in [-0.1, -0.05) is 57.9 Å². The van der Waals surface area contributed by atoms with Crippen LogP contribution in [0.3, 0.4) is 0 Å². The van der Waals surface area contributed by atoms with Gasteiger partial charge in [0.15, 0.2) is 0 Å². The number of hydrogen-bond donors (Lipinski definition) is 1. The first-order chi connectivity index (χ1) is 17.5. The van der Waals surface area contributed by atoms with Gasteiger partial charge in [-0.2, -0.15) is 5.10 Å². The molecule has 4 rings (SSSR count). The lowest BCUT2D eigenvalue weighted by Gasteiger charge is -2.10. The standard InChI is InChI=1S/C28H20BrClN2O4/c29-22-5-3-4-21(16-22)28(34)36-24-14-10-19(11-15-24)17-31-32-27(33)25-6-1-2-7-26(25)35-18-20-8-12-23(30)13-9-20/h1-17H,18H2,(H,32,33)/b31-17-. The number of carbonyl (C=O) groups is 2. The van der Waals surface area contributed by atoms with Gasteiger partial charge in [0, 0.05) is 9.50 Å². The largest absolute Gasteiger partial charge is 0.488 e. The van der Waals surface area contributed by atoms with E-state index in [1.165, 1.54) is 6.21 Å². The van der Waals surface area contributed by atoms with Crippen LogP contribution >= 0.6 is 27.5 Å². The predicted octanol–water partition coefficient (Wildman–Crippen LogP) is 6.66. The zero-order valence-corrected chi connectivity index (χ0v) is 21.2. The Morgan fingerprint density at radius 2 is 1.67 bits per heavy atom. The lowest BCUT2D eigenvalue weighted by atomic mass is 10.2.